The van der Waals surface area contributed by atoms with Crippen LogP contribution in [-0.4, -0.2) is 84.4 Å². The highest BCUT2D eigenvalue weighted by Crippen LogP contribution is 2.18. The molecule has 0 saturated heterocycles. The van der Waals surface area contributed by atoms with Gasteiger partial charge in [-0.1, -0.05) is 6.92 Å². The molecular weight excluding hydrogens is 360 g/mol. The Labute approximate surface area is 155 Å². The standard InChI is InChI=1S/C15H38N2O6Si2/c1-8-15(16)17(11-9-13-24(18-2,19-3)20-4)12-10-14-25(21-5,22-6)23-7/h15H,8-14,16H2,1-7H3. The SMILES string of the molecule is CCC(N)N(CCC[Si](OC)(OC)OC)CCC[Si](OC)(OC)OC. The summed E-state index contributed by atoms with van der Waals surface area (Å²) in [6.07, 6.45) is 2.71. The minimum Gasteiger partial charge on any atom is -0.377 e. The lowest BCUT2D eigenvalue weighted by Crippen LogP contribution is -2.47. The van der Waals surface area contributed by atoms with Crippen LogP contribution in [0.3, 0.4) is 0 Å². The lowest BCUT2D eigenvalue weighted by molar-refractivity contribution is 0.116. The molecular formula is C15H38N2O6Si2. The molecule has 0 aliphatic rings. The second kappa shape index (κ2) is 13.3. The first-order valence-electron chi connectivity index (χ1n) is 8.72. The number of nitrogens with two attached hydrogens (primary N) is 1. The zero-order valence-electron chi connectivity index (χ0n) is 17.0. The molecule has 1 unspecified atom stereocenters. The third-order valence-corrected chi connectivity index (χ3v) is 10.3. The zero-order chi connectivity index (χ0) is 19.3. The highest BCUT2D eigenvalue weighted by atomic mass is 28.4. The van der Waals surface area contributed by atoms with Crippen LogP contribution in [0.25, 0.3) is 0 Å². The Morgan fingerprint density at radius 1 is 0.720 bits per heavy atom. The predicted octanol–water partition coefficient (Wildman–Crippen LogP) is 1.52. The maximum Gasteiger partial charge on any atom is 0.500 e. The summed E-state index contributed by atoms with van der Waals surface area (Å²) >= 11 is 0. The van der Waals surface area contributed by atoms with Gasteiger partial charge in [-0.15, -0.1) is 0 Å². The largest absolute Gasteiger partial charge is 0.500 e. The van der Waals surface area contributed by atoms with Gasteiger partial charge in [0.15, 0.2) is 0 Å². The van der Waals surface area contributed by atoms with Crippen molar-refractivity contribution in [3.8, 4) is 0 Å². The molecule has 2 N–H and O–H groups in total. The summed E-state index contributed by atoms with van der Waals surface area (Å²) in [7, 11) is 4.77. The first-order valence-corrected chi connectivity index (χ1v) is 12.6. The summed E-state index contributed by atoms with van der Waals surface area (Å²) in [5, 5.41) is 0. The average molecular weight is 399 g/mol. The van der Waals surface area contributed by atoms with E-state index in [-0.39, 0.29) is 6.17 Å². The van der Waals surface area contributed by atoms with E-state index in [9.17, 15) is 0 Å². The predicted molar refractivity (Wildman–Crippen MR) is 102 cm³/mol. The third kappa shape index (κ3) is 8.12. The summed E-state index contributed by atoms with van der Waals surface area (Å²) in [6.45, 7) is 3.82. The smallest absolute Gasteiger partial charge is 0.377 e. The van der Waals surface area contributed by atoms with E-state index < -0.39 is 17.6 Å². The number of hydrogen-bond acceptors (Lipinski definition) is 8. The van der Waals surface area contributed by atoms with Gasteiger partial charge in [0.2, 0.25) is 0 Å². The Bertz CT molecular complexity index is 291. The van der Waals surface area contributed by atoms with E-state index >= 15 is 0 Å². The van der Waals surface area contributed by atoms with Crippen LogP contribution in [0.15, 0.2) is 0 Å². The van der Waals surface area contributed by atoms with Gasteiger partial charge in [0.25, 0.3) is 0 Å². The van der Waals surface area contributed by atoms with Gasteiger partial charge in [-0.3, -0.25) is 4.90 Å². The van der Waals surface area contributed by atoms with Crippen molar-refractivity contribution in [3.05, 3.63) is 0 Å². The summed E-state index contributed by atoms with van der Waals surface area (Å²) in [6, 6.07) is 1.52. The van der Waals surface area contributed by atoms with Crippen molar-refractivity contribution in [2.45, 2.75) is 44.4 Å². The van der Waals surface area contributed by atoms with Crippen molar-refractivity contribution in [1.29, 1.82) is 0 Å². The van der Waals surface area contributed by atoms with E-state index in [1.165, 1.54) is 0 Å². The van der Waals surface area contributed by atoms with Crippen LogP contribution >= 0.6 is 0 Å². The van der Waals surface area contributed by atoms with E-state index in [4.69, 9.17) is 32.3 Å². The van der Waals surface area contributed by atoms with E-state index in [1.807, 2.05) is 0 Å². The number of nitrogens with zero attached hydrogens (tertiary/aromatic N) is 1. The molecule has 0 spiro atoms. The summed E-state index contributed by atoms with van der Waals surface area (Å²) in [4.78, 5) is 2.28. The lowest BCUT2D eigenvalue weighted by atomic mass is 10.3. The highest BCUT2D eigenvalue weighted by molar-refractivity contribution is 6.60. The Kier molecular flexibility index (Phi) is 13.4. The maximum atomic E-state index is 6.27. The van der Waals surface area contributed by atoms with Crippen molar-refractivity contribution >= 4 is 17.6 Å². The van der Waals surface area contributed by atoms with Crippen molar-refractivity contribution in [2.24, 2.45) is 5.73 Å². The molecule has 8 nitrogen and oxygen atoms in total. The van der Waals surface area contributed by atoms with Crippen LogP contribution in [0.4, 0.5) is 0 Å². The molecule has 0 radical (unpaired) electrons. The molecule has 0 aromatic heterocycles. The molecule has 0 aliphatic carbocycles. The van der Waals surface area contributed by atoms with Gasteiger partial charge in [0, 0.05) is 54.7 Å². The van der Waals surface area contributed by atoms with Crippen molar-refractivity contribution < 1.29 is 26.6 Å². The Hall–Kier alpha value is 0.114. The quantitative estimate of drug-likeness (QED) is 0.309. The fraction of sp³-hybridized carbons (Fsp3) is 1.00. The Morgan fingerprint density at radius 2 is 1.04 bits per heavy atom. The molecule has 0 fully saturated rings. The normalized spacial score (nSPS) is 14.3. The minimum absolute atomic E-state index is 0.0207. The average Bonchev–Trinajstić information content (AvgIpc) is 2.67. The van der Waals surface area contributed by atoms with Crippen LogP contribution < -0.4 is 5.73 Å². The molecule has 152 valence electrons. The fourth-order valence-electron chi connectivity index (χ4n) is 2.81. The zero-order valence-corrected chi connectivity index (χ0v) is 19.0. The van der Waals surface area contributed by atoms with Gasteiger partial charge < -0.3 is 32.3 Å². The van der Waals surface area contributed by atoms with Gasteiger partial charge in [0.05, 0.1) is 6.17 Å². The monoisotopic (exact) mass is 398 g/mol. The summed E-state index contributed by atoms with van der Waals surface area (Å²) in [5.41, 5.74) is 6.27. The molecule has 10 heteroatoms. The van der Waals surface area contributed by atoms with Gasteiger partial charge in [-0.25, -0.2) is 0 Å². The van der Waals surface area contributed by atoms with E-state index in [0.29, 0.717) is 0 Å². The highest BCUT2D eigenvalue weighted by Gasteiger charge is 2.38. The molecule has 0 aliphatic heterocycles. The summed E-state index contributed by atoms with van der Waals surface area (Å²) < 4.78 is 32.9. The summed E-state index contributed by atoms with van der Waals surface area (Å²) in [5.74, 6) is 0. The van der Waals surface area contributed by atoms with Crippen molar-refractivity contribution in [3.63, 3.8) is 0 Å². The number of rotatable bonds is 16. The molecule has 1 atom stereocenters. The van der Waals surface area contributed by atoms with Gasteiger partial charge >= 0.3 is 17.6 Å². The van der Waals surface area contributed by atoms with Gasteiger partial charge in [-0.05, 0) is 32.4 Å². The van der Waals surface area contributed by atoms with Crippen LogP contribution in [0.1, 0.15) is 26.2 Å². The minimum atomic E-state index is -2.53. The van der Waals surface area contributed by atoms with Crippen molar-refractivity contribution in [1.82, 2.24) is 4.90 Å². The molecule has 0 bridgehead atoms. The van der Waals surface area contributed by atoms with E-state index in [0.717, 1.165) is 44.4 Å². The first-order chi connectivity index (χ1) is 11.9. The topological polar surface area (TPSA) is 84.6 Å². The number of hydrogen-bond donors (Lipinski definition) is 1. The van der Waals surface area contributed by atoms with Crippen LogP contribution in [-0.2, 0) is 26.6 Å². The van der Waals surface area contributed by atoms with Crippen LogP contribution in [0.5, 0.6) is 0 Å². The van der Waals surface area contributed by atoms with Crippen LogP contribution in [0, 0.1) is 0 Å². The van der Waals surface area contributed by atoms with Crippen LogP contribution in [0.2, 0.25) is 12.1 Å². The van der Waals surface area contributed by atoms with E-state index in [1.54, 1.807) is 42.7 Å². The maximum absolute atomic E-state index is 6.27. The molecule has 0 saturated carbocycles. The van der Waals surface area contributed by atoms with E-state index in [2.05, 4.69) is 11.8 Å². The fourth-order valence-corrected chi connectivity index (χ4v) is 6.22. The molecule has 0 heterocycles. The molecule has 0 rings (SSSR count). The molecule has 25 heavy (non-hydrogen) atoms. The third-order valence-electron chi connectivity index (χ3n) is 4.61. The second-order valence-corrected chi connectivity index (χ2v) is 12.0. The van der Waals surface area contributed by atoms with Crippen molar-refractivity contribution in [2.75, 3.05) is 55.7 Å². The Morgan fingerprint density at radius 3 is 1.28 bits per heavy atom. The first kappa shape index (κ1) is 25.1. The molecule has 0 aromatic carbocycles. The second-order valence-electron chi connectivity index (χ2n) is 5.81. The molecule has 0 aromatic rings. The van der Waals surface area contributed by atoms with Gasteiger partial charge in [0.1, 0.15) is 0 Å². The lowest BCUT2D eigenvalue weighted by Gasteiger charge is -2.31. The Balaban J connectivity index is 4.57. The van der Waals surface area contributed by atoms with Gasteiger partial charge in [-0.2, -0.15) is 0 Å². The molecule has 0 amide bonds.